The Bertz CT molecular complexity index is 1140. The SMILES string of the molecule is CCC(OC)Oc1cc(Oc2ccc(C(=O)OC)cc2Cl)cc(C(=O)Nc2ccn(C)n2)c1. The Morgan fingerprint density at radius 3 is 2.45 bits per heavy atom. The number of methoxy groups -OCH3 is 2. The van der Waals surface area contributed by atoms with E-state index in [4.69, 9.17) is 30.5 Å². The number of anilines is 1. The molecule has 0 radical (unpaired) electrons. The van der Waals surface area contributed by atoms with Gasteiger partial charge in [-0.05, 0) is 30.3 Å². The lowest BCUT2D eigenvalue weighted by atomic mass is 10.1. The number of halogens is 1. The highest BCUT2D eigenvalue weighted by Gasteiger charge is 2.16. The smallest absolute Gasteiger partial charge is 0.337 e. The molecular weight excluding hydrogens is 450 g/mol. The topological polar surface area (TPSA) is 101 Å². The number of nitrogens with one attached hydrogen (secondary N) is 1. The molecular formula is C23H24ClN3O6. The van der Waals surface area contributed by atoms with Gasteiger partial charge in [0.15, 0.2) is 12.1 Å². The number of hydrogen-bond donors (Lipinski definition) is 1. The minimum atomic E-state index is -0.516. The Hall–Kier alpha value is -3.56. The van der Waals surface area contributed by atoms with Crippen LogP contribution in [0.25, 0.3) is 0 Å². The first-order valence-electron chi connectivity index (χ1n) is 10.0. The molecule has 0 aliphatic rings. The van der Waals surface area contributed by atoms with E-state index in [9.17, 15) is 9.59 Å². The number of amides is 1. The van der Waals surface area contributed by atoms with Gasteiger partial charge in [0, 0.05) is 44.5 Å². The Labute approximate surface area is 196 Å². The number of aromatic nitrogens is 2. The summed E-state index contributed by atoms with van der Waals surface area (Å²) in [5.41, 5.74) is 0.564. The first-order valence-corrected chi connectivity index (χ1v) is 10.4. The summed E-state index contributed by atoms with van der Waals surface area (Å²) < 4.78 is 23.3. The summed E-state index contributed by atoms with van der Waals surface area (Å²) in [6.45, 7) is 1.91. The predicted octanol–water partition coefficient (Wildman–Crippen LogP) is 4.67. The van der Waals surface area contributed by atoms with Crippen molar-refractivity contribution >= 4 is 29.3 Å². The van der Waals surface area contributed by atoms with Crippen LogP contribution in [0.1, 0.15) is 34.1 Å². The van der Waals surface area contributed by atoms with Crippen LogP contribution in [0.2, 0.25) is 5.02 Å². The van der Waals surface area contributed by atoms with Gasteiger partial charge >= 0.3 is 5.97 Å². The summed E-state index contributed by atoms with van der Waals surface area (Å²) in [6.07, 6.45) is 1.81. The zero-order valence-corrected chi connectivity index (χ0v) is 19.4. The van der Waals surface area contributed by atoms with E-state index in [0.29, 0.717) is 23.7 Å². The molecule has 1 N–H and O–H groups in total. The maximum Gasteiger partial charge on any atom is 0.337 e. The summed E-state index contributed by atoms with van der Waals surface area (Å²) in [7, 11) is 4.57. The fourth-order valence-electron chi connectivity index (χ4n) is 2.91. The minimum absolute atomic E-state index is 0.201. The third-order valence-corrected chi connectivity index (χ3v) is 4.84. The van der Waals surface area contributed by atoms with Crippen molar-refractivity contribution in [3.05, 3.63) is 64.8 Å². The van der Waals surface area contributed by atoms with Crippen LogP contribution >= 0.6 is 11.6 Å². The molecule has 10 heteroatoms. The van der Waals surface area contributed by atoms with Gasteiger partial charge in [-0.15, -0.1) is 0 Å². The molecule has 0 spiro atoms. The number of carbonyl (C=O) groups is 2. The molecule has 0 aliphatic carbocycles. The number of esters is 1. The van der Waals surface area contributed by atoms with E-state index in [1.54, 1.807) is 48.3 Å². The lowest BCUT2D eigenvalue weighted by molar-refractivity contribution is -0.0549. The molecule has 1 amide bonds. The number of aryl methyl sites for hydroxylation is 1. The third-order valence-electron chi connectivity index (χ3n) is 4.54. The summed E-state index contributed by atoms with van der Waals surface area (Å²) >= 11 is 6.29. The summed E-state index contributed by atoms with van der Waals surface area (Å²) in [6, 6.07) is 10.9. The first kappa shape index (κ1) is 24.1. The number of hydrogen-bond acceptors (Lipinski definition) is 7. The van der Waals surface area contributed by atoms with Gasteiger partial charge < -0.3 is 24.3 Å². The molecule has 0 fully saturated rings. The van der Waals surface area contributed by atoms with Crippen molar-refractivity contribution in [3.8, 4) is 17.2 Å². The lowest BCUT2D eigenvalue weighted by Crippen LogP contribution is -2.18. The molecule has 1 atom stereocenters. The van der Waals surface area contributed by atoms with Crippen LogP contribution in [0, 0.1) is 0 Å². The Morgan fingerprint density at radius 1 is 1.09 bits per heavy atom. The van der Waals surface area contributed by atoms with Crippen molar-refractivity contribution in [2.24, 2.45) is 7.05 Å². The number of ether oxygens (including phenoxy) is 4. The van der Waals surface area contributed by atoms with Gasteiger partial charge in [-0.3, -0.25) is 9.48 Å². The fraction of sp³-hybridized carbons (Fsp3) is 0.261. The summed E-state index contributed by atoms with van der Waals surface area (Å²) in [4.78, 5) is 24.6. The Morgan fingerprint density at radius 2 is 1.85 bits per heavy atom. The van der Waals surface area contributed by atoms with Crippen molar-refractivity contribution in [3.63, 3.8) is 0 Å². The Kier molecular flexibility index (Phi) is 7.92. The van der Waals surface area contributed by atoms with Gasteiger partial charge in [0.2, 0.25) is 0 Å². The van der Waals surface area contributed by atoms with Crippen molar-refractivity contribution in [2.75, 3.05) is 19.5 Å². The molecule has 174 valence electrons. The maximum atomic E-state index is 12.8. The van der Waals surface area contributed by atoms with Crippen molar-refractivity contribution in [1.29, 1.82) is 0 Å². The molecule has 0 aliphatic heterocycles. The fourth-order valence-corrected chi connectivity index (χ4v) is 3.12. The molecule has 0 saturated carbocycles. The number of rotatable bonds is 9. The van der Waals surface area contributed by atoms with Crippen molar-refractivity contribution in [1.82, 2.24) is 9.78 Å². The van der Waals surface area contributed by atoms with Crippen molar-refractivity contribution in [2.45, 2.75) is 19.6 Å². The molecule has 1 aromatic heterocycles. The molecule has 0 bridgehead atoms. The molecule has 0 saturated heterocycles. The molecule has 33 heavy (non-hydrogen) atoms. The minimum Gasteiger partial charge on any atom is -0.465 e. The zero-order chi connectivity index (χ0) is 24.0. The second-order valence-corrected chi connectivity index (χ2v) is 7.36. The van der Waals surface area contributed by atoms with E-state index in [0.717, 1.165) is 0 Å². The average molecular weight is 474 g/mol. The average Bonchev–Trinajstić information content (AvgIpc) is 3.22. The normalized spacial score (nSPS) is 11.5. The maximum absolute atomic E-state index is 12.8. The zero-order valence-electron chi connectivity index (χ0n) is 18.6. The number of carbonyl (C=O) groups excluding carboxylic acids is 2. The van der Waals surface area contributed by atoms with E-state index in [1.807, 2.05) is 6.92 Å². The van der Waals surface area contributed by atoms with Crippen LogP contribution in [-0.2, 0) is 16.5 Å². The standard InChI is InChI=1S/C23H24ClN3O6/c1-5-21(30-3)33-17-11-15(22(28)25-20-8-9-27(2)26-20)10-16(13-17)32-19-7-6-14(12-18(19)24)23(29)31-4/h6-13,21H,5H2,1-4H3,(H,25,26,28). The van der Waals surface area contributed by atoms with E-state index < -0.39 is 18.2 Å². The van der Waals surface area contributed by atoms with Crippen LogP contribution in [-0.4, -0.2) is 42.2 Å². The van der Waals surface area contributed by atoms with Gasteiger partial charge in [0.1, 0.15) is 17.2 Å². The van der Waals surface area contributed by atoms with Crippen LogP contribution in [0.5, 0.6) is 17.2 Å². The van der Waals surface area contributed by atoms with Crippen LogP contribution in [0.3, 0.4) is 0 Å². The lowest BCUT2D eigenvalue weighted by Gasteiger charge is -2.17. The van der Waals surface area contributed by atoms with Gasteiger partial charge in [0.05, 0.1) is 17.7 Å². The van der Waals surface area contributed by atoms with Crippen molar-refractivity contribution < 1.29 is 28.5 Å². The molecule has 2 aromatic carbocycles. The third kappa shape index (κ3) is 6.24. The second-order valence-electron chi connectivity index (χ2n) is 6.95. The van der Waals surface area contributed by atoms with E-state index in [-0.39, 0.29) is 21.9 Å². The van der Waals surface area contributed by atoms with Crippen LogP contribution in [0.15, 0.2) is 48.7 Å². The van der Waals surface area contributed by atoms with E-state index >= 15 is 0 Å². The van der Waals surface area contributed by atoms with E-state index in [1.165, 1.54) is 26.4 Å². The molecule has 3 rings (SSSR count). The number of benzene rings is 2. The van der Waals surface area contributed by atoms with Gasteiger partial charge in [-0.2, -0.15) is 5.10 Å². The predicted molar refractivity (Wildman–Crippen MR) is 122 cm³/mol. The second kappa shape index (κ2) is 10.8. The highest BCUT2D eigenvalue weighted by Crippen LogP contribution is 2.33. The van der Waals surface area contributed by atoms with Crippen LogP contribution in [0.4, 0.5) is 5.82 Å². The van der Waals surface area contributed by atoms with Gasteiger partial charge in [0.25, 0.3) is 5.91 Å². The largest absolute Gasteiger partial charge is 0.465 e. The molecule has 3 aromatic rings. The Balaban J connectivity index is 1.91. The summed E-state index contributed by atoms with van der Waals surface area (Å²) in [5.74, 6) is 0.448. The van der Waals surface area contributed by atoms with Gasteiger partial charge in [-0.1, -0.05) is 18.5 Å². The van der Waals surface area contributed by atoms with Gasteiger partial charge in [-0.25, -0.2) is 4.79 Å². The quantitative estimate of drug-likeness (QED) is 0.356. The molecule has 1 heterocycles. The highest BCUT2D eigenvalue weighted by molar-refractivity contribution is 6.32. The van der Waals surface area contributed by atoms with Crippen LogP contribution < -0.4 is 14.8 Å². The summed E-state index contributed by atoms with van der Waals surface area (Å²) in [5, 5.41) is 7.08. The molecule has 9 nitrogen and oxygen atoms in total. The number of nitrogens with zero attached hydrogens (tertiary/aromatic N) is 2. The molecule has 1 unspecified atom stereocenters. The first-order chi connectivity index (χ1) is 15.8. The highest BCUT2D eigenvalue weighted by atomic mass is 35.5. The monoisotopic (exact) mass is 473 g/mol. The van der Waals surface area contributed by atoms with E-state index in [2.05, 4.69) is 10.4 Å².